The summed E-state index contributed by atoms with van der Waals surface area (Å²) in [5.74, 6) is 2.87. The number of thioether (sulfide) groups is 1. The SMILES string of the molecule is CCCNc1cc(N2CCC(C)CC2)nc(SC)n1. The molecule has 1 aromatic heterocycles. The summed E-state index contributed by atoms with van der Waals surface area (Å²) >= 11 is 1.61. The molecule has 2 heterocycles. The van der Waals surface area contributed by atoms with Crippen molar-refractivity contribution >= 4 is 23.4 Å². The summed E-state index contributed by atoms with van der Waals surface area (Å²) in [6, 6.07) is 2.09. The van der Waals surface area contributed by atoms with E-state index in [9.17, 15) is 0 Å². The van der Waals surface area contributed by atoms with Crippen LogP contribution >= 0.6 is 11.8 Å². The average Bonchev–Trinajstić information content (AvgIpc) is 2.45. The molecule has 0 saturated carbocycles. The molecule has 1 fully saturated rings. The van der Waals surface area contributed by atoms with Crippen LogP contribution in [0.4, 0.5) is 11.6 Å². The van der Waals surface area contributed by atoms with Crippen LogP contribution in [0.15, 0.2) is 11.2 Å². The summed E-state index contributed by atoms with van der Waals surface area (Å²) < 4.78 is 0. The van der Waals surface area contributed by atoms with E-state index in [1.807, 2.05) is 6.26 Å². The van der Waals surface area contributed by atoms with Crippen molar-refractivity contribution in [1.82, 2.24) is 9.97 Å². The smallest absolute Gasteiger partial charge is 0.191 e. The first-order valence-corrected chi connectivity index (χ1v) is 8.37. The molecule has 0 atom stereocenters. The monoisotopic (exact) mass is 280 g/mol. The topological polar surface area (TPSA) is 41.0 Å². The zero-order valence-electron chi connectivity index (χ0n) is 12.1. The van der Waals surface area contributed by atoms with E-state index in [-0.39, 0.29) is 0 Å². The Balaban J connectivity index is 2.14. The van der Waals surface area contributed by atoms with Crippen LogP contribution in [0.25, 0.3) is 0 Å². The number of piperidine rings is 1. The molecular formula is C14H24N4S. The van der Waals surface area contributed by atoms with Crippen LogP contribution in [-0.2, 0) is 0 Å². The molecule has 0 aliphatic carbocycles. The quantitative estimate of drug-likeness (QED) is 0.662. The predicted octanol–water partition coefficient (Wildman–Crippen LogP) is 3.26. The average molecular weight is 280 g/mol. The molecule has 0 aromatic carbocycles. The molecule has 5 heteroatoms. The van der Waals surface area contributed by atoms with Gasteiger partial charge in [-0.3, -0.25) is 0 Å². The van der Waals surface area contributed by atoms with E-state index in [4.69, 9.17) is 0 Å². The number of aromatic nitrogens is 2. The van der Waals surface area contributed by atoms with Gasteiger partial charge in [-0.1, -0.05) is 25.6 Å². The number of anilines is 2. The Hall–Kier alpha value is -0.970. The molecule has 0 radical (unpaired) electrons. The second-order valence-corrected chi connectivity index (χ2v) is 5.97. The molecule has 0 unspecified atom stereocenters. The Kier molecular flexibility index (Phi) is 5.31. The third-order valence-corrected chi connectivity index (χ3v) is 4.09. The predicted molar refractivity (Wildman–Crippen MR) is 83.2 cm³/mol. The lowest BCUT2D eigenvalue weighted by Crippen LogP contribution is -2.33. The van der Waals surface area contributed by atoms with Crippen LogP contribution in [0.1, 0.15) is 33.1 Å². The van der Waals surface area contributed by atoms with Crippen molar-refractivity contribution in [2.24, 2.45) is 5.92 Å². The van der Waals surface area contributed by atoms with Gasteiger partial charge < -0.3 is 10.2 Å². The maximum absolute atomic E-state index is 4.65. The normalized spacial score (nSPS) is 16.7. The highest BCUT2D eigenvalue weighted by Crippen LogP contribution is 2.25. The van der Waals surface area contributed by atoms with Gasteiger partial charge in [0.05, 0.1) is 0 Å². The maximum atomic E-state index is 4.65. The van der Waals surface area contributed by atoms with Gasteiger partial charge in [-0.15, -0.1) is 0 Å². The molecule has 1 saturated heterocycles. The van der Waals surface area contributed by atoms with E-state index < -0.39 is 0 Å². The minimum Gasteiger partial charge on any atom is -0.370 e. The summed E-state index contributed by atoms with van der Waals surface area (Å²) in [7, 11) is 0. The summed E-state index contributed by atoms with van der Waals surface area (Å²) in [6.45, 7) is 7.68. The number of nitrogens with one attached hydrogen (secondary N) is 1. The first kappa shape index (κ1) is 14.4. The molecule has 1 N–H and O–H groups in total. The standard InChI is InChI=1S/C14H24N4S/c1-4-7-15-12-10-13(17-14(16-12)19-3)18-8-5-11(2)6-9-18/h10-11H,4-9H2,1-3H3,(H,15,16,17). The van der Waals surface area contributed by atoms with Gasteiger partial charge in [-0.25, -0.2) is 9.97 Å². The Morgan fingerprint density at radius 3 is 2.74 bits per heavy atom. The minimum absolute atomic E-state index is 0.843. The molecule has 0 bridgehead atoms. The molecule has 2 rings (SSSR count). The zero-order chi connectivity index (χ0) is 13.7. The fraction of sp³-hybridized carbons (Fsp3) is 0.714. The molecule has 1 aliphatic heterocycles. The lowest BCUT2D eigenvalue weighted by Gasteiger charge is -2.31. The molecule has 19 heavy (non-hydrogen) atoms. The van der Waals surface area contributed by atoms with Crippen molar-refractivity contribution in [3.63, 3.8) is 0 Å². The molecule has 4 nitrogen and oxygen atoms in total. The molecule has 106 valence electrons. The van der Waals surface area contributed by atoms with Gasteiger partial charge in [0.15, 0.2) is 5.16 Å². The molecule has 0 amide bonds. The largest absolute Gasteiger partial charge is 0.370 e. The highest BCUT2D eigenvalue weighted by Gasteiger charge is 2.18. The second-order valence-electron chi connectivity index (χ2n) is 5.19. The van der Waals surface area contributed by atoms with E-state index in [1.54, 1.807) is 11.8 Å². The van der Waals surface area contributed by atoms with E-state index >= 15 is 0 Å². The number of hydrogen-bond donors (Lipinski definition) is 1. The van der Waals surface area contributed by atoms with E-state index in [2.05, 4.69) is 40.1 Å². The number of hydrogen-bond acceptors (Lipinski definition) is 5. The van der Waals surface area contributed by atoms with Gasteiger partial charge in [0.25, 0.3) is 0 Å². The van der Waals surface area contributed by atoms with Gasteiger partial charge in [0.1, 0.15) is 11.6 Å². The van der Waals surface area contributed by atoms with Crippen LogP contribution in [0, 0.1) is 5.92 Å². The number of rotatable bonds is 5. The van der Waals surface area contributed by atoms with Crippen LogP contribution in [0.5, 0.6) is 0 Å². The summed E-state index contributed by atoms with van der Waals surface area (Å²) in [6.07, 6.45) is 5.66. The Morgan fingerprint density at radius 2 is 2.11 bits per heavy atom. The first-order valence-electron chi connectivity index (χ1n) is 7.14. The summed E-state index contributed by atoms with van der Waals surface area (Å²) in [4.78, 5) is 11.5. The van der Waals surface area contributed by atoms with E-state index in [1.165, 1.54) is 12.8 Å². The molecule has 0 spiro atoms. The highest BCUT2D eigenvalue weighted by molar-refractivity contribution is 7.98. The second kappa shape index (κ2) is 6.98. The van der Waals surface area contributed by atoms with E-state index in [0.29, 0.717) is 0 Å². The van der Waals surface area contributed by atoms with Gasteiger partial charge in [-0.2, -0.15) is 0 Å². The van der Waals surface area contributed by atoms with Gasteiger partial charge >= 0.3 is 0 Å². The van der Waals surface area contributed by atoms with Gasteiger partial charge in [0, 0.05) is 25.7 Å². The van der Waals surface area contributed by atoms with Gasteiger partial charge in [0.2, 0.25) is 0 Å². The van der Waals surface area contributed by atoms with Crippen LogP contribution < -0.4 is 10.2 Å². The first-order chi connectivity index (χ1) is 9.22. The lowest BCUT2D eigenvalue weighted by atomic mass is 9.99. The van der Waals surface area contributed by atoms with Crippen LogP contribution in [0.3, 0.4) is 0 Å². The van der Waals surface area contributed by atoms with Gasteiger partial charge in [-0.05, 0) is 31.4 Å². The molecule has 1 aliphatic rings. The van der Waals surface area contributed by atoms with Crippen molar-refractivity contribution in [2.45, 2.75) is 38.3 Å². The van der Waals surface area contributed by atoms with Crippen molar-refractivity contribution in [2.75, 3.05) is 36.1 Å². The van der Waals surface area contributed by atoms with Crippen molar-refractivity contribution < 1.29 is 0 Å². The fourth-order valence-electron chi connectivity index (χ4n) is 2.25. The van der Waals surface area contributed by atoms with Crippen molar-refractivity contribution in [3.05, 3.63) is 6.07 Å². The molecule has 1 aromatic rings. The third kappa shape index (κ3) is 4.00. The third-order valence-electron chi connectivity index (χ3n) is 3.54. The van der Waals surface area contributed by atoms with Crippen molar-refractivity contribution in [1.29, 1.82) is 0 Å². The van der Waals surface area contributed by atoms with E-state index in [0.717, 1.165) is 48.8 Å². The zero-order valence-corrected chi connectivity index (χ0v) is 13.0. The fourth-order valence-corrected chi connectivity index (χ4v) is 2.62. The minimum atomic E-state index is 0.843. The number of nitrogens with zero attached hydrogens (tertiary/aromatic N) is 3. The Morgan fingerprint density at radius 1 is 1.37 bits per heavy atom. The van der Waals surface area contributed by atoms with Crippen LogP contribution in [0.2, 0.25) is 0 Å². The Labute approximate surface area is 120 Å². The molecular weight excluding hydrogens is 256 g/mol. The maximum Gasteiger partial charge on any atom is 0.191 e. The Bertz CT molecular complexity index is 402. The van der Waals surface area contributed by atoms with Crippen molar-refractivity contribution in [3.8, 4) is 0 Å². The van der Waals surface area contributed by atoms with Crippen LogP contribution in [-0.4, -0.2) is 35.9 Å². The summed E-state index contributed by atoms with van der Waals surface area (Å²) in [5.41, 5.74) is 0. The lowest BCUT2D eigenvalue weighted by molar-refractivity contribution is 0.436. The highest BCUT2D eigenvalue weighted by atomic mass is 32.2. The summed E-state index contributed by atoms with van der Waals surface area (Å²) in [5, 5.41) is 4.22.